The number of aryl methyl sites for hydroxylation is 1. The molecule has 0 aliphatic carbocycles. The van der Waals surface area contributed by atoms with E-state index in [2.05, 4.69) is 31.2 Å². The first-order chi connectivity index (χ1) is 11.9. The summed E-state index contributed by atoms with van der Waals surface area (Å²) in [5.74, 6) is 0. The molecule has 1 aromatic heterocycles. The van der Waals surface area contributed by atoms with Crippen LogP contribution in [-0.2, 0) is 4.74 Å². The Balaban J connectivity index is 2.20. The third kappa shape index (κ3) is 2.47. The van der Waals surface area contributed by atoms with Crippen molar-refractivity contribution in [3.05, 3.63) is 60.2 Å². The third-order valence-electron chi connectivity index (χ3n) is 4.43. The van der Waals surface area contributed by atoms with Crippen molar-refractivity contribution in [2.45, 2.75) is 33.3 Å². The van der Waals surface area contributed by atoms with Crippen LogP contribution in [0.3, 0.4) is 0 Å². The monoisotopic (exact) mass is 331 g/mol. The van der Waals surface area contributed by atoms with Gasteiger partial charge in [0.05, 0.1) is 11.0 Å². The minimum Gasteiger partial charge on any atom is -0.443 e. The topological polar surface area (TPSA) is 31.2 Å². The van der Waals surface area contributed by atoms with Gasteiger partial charge in [0, 0.05) is 16.2 Å². The molecule has 0 radical (unpaired) electrons. The first-order valence-electron chi connectivity index (χ1n) is 8.52. The van der Waals surface area contributed by atoms with Gasteiger partial charge >= 0.3 is 6.09 Å². The molecule has 0 amide bonds. The summed E-state index contributed by atoms with van der Waals surface area (Å²) in [6.45, 7) is 7.77. The van der Waals surface area contributed by atoms with E-state index in [0.717, 1.165) is 38.1 Å². The van der Waals surface area contributed by atoms with Gasteiger partial charge in [-0.05, 0) is 44.7 Å². The molecule has 3 aromatic carbocycles. The van der Waals surface area contributed by atoms with Crippen molar-refractivity contribution < 1.29 is 9.53 Å². The number of para-hydroxylation sites is 1. The predicted octanol–water partition coefficient (Wildman–Crippen LogP) is 6.04. The molecule has 0 aliphatic heterocycles. The number of nitrogens with zero attached hydrogens (tertiary/aromatic N) is 1. The highest BCUT2D eigenvalue weighted by atomic mass is 16.6. The molecule has 4 rings (SSSR count). The van der Waals surface area contributed by atoms with Crippen LogP contribution in [-0.4, -0.2) is 16.3 Å². The van der Waals surface area contributed by atoms with Gasteiger partial charge in [-0.2, -0.15) is 0 Å². The number of aromatic nitrogens is 1. The first kappa shape index (κ1) is 15.7. The van der Waals surface area contributed by atoms with E-state index in [1.54, 1.807) is 4.57 Å². The second-order valence-corrected chi connectivity index (χ2v) is 7.47. The number of benzene rings is 3. The molecule has 0 N–H and O–H groups in total. The molecule has 0 aliphatic rings. The van der Waals surface area contributed by atoms with Crippen LogP contribution in [0, 0.1) is 6.92 Å². The summed E-state index contributed by atoms with van der Waals surface area (Å²) in [5, 5.41) is 4.37. The van der Waals surface area contributed by atoms with Gasteiger partial charge in [-0.1, -0.05) is 48.5 Å². The van der Waals surface area contributed by atoms with Crippen LogP contribution in [0.15, 0.2) is 54.6 Å². The Hall–Kier alpha value is -2.81. The van der Waals surface area contributed by atoms with Crippen LogP contribution >= 0.6 is 0 Å². The molecule has 3 heteroatoms. The average molecular weight is 331 g/mol. The van der Waals surface area contributed by atoms with Gasteiger partial charge in [-0.25, -0.2) is 9.36 Å². The summed E-state index contributed by atoms with van der Waals surface area (Å²) in [4.78, 5) is 13.0. The smallest absolute Gasteiger partial charge is 0.419 e. The van der Waals surface area contributed by atoms with Crippen LogP contribution in [0.5, 0.6) is 0 Å². The lowest BCUT2D eigenvalue weighted by Gasteiger charge is -2.20. The largest absolute Gasteiger partial charge is 0.443 e. The molecule has 0 spiro atoms. The third-order valence-corrected chi connectivity index (χ3v) is 4.43. The highest BCUT2D eigenvalue weighted by Gasteiger charge is 2.24. The fourth-order valence-corrected chi connectivity index (χ4v) is 3.54. The first-order valence-corrected chi connectivity index (χ1v) is 8.52. The zero-order valence-corrected chi connectivity index (χ0v) is 15.0. The van der Waals surface area contributed by atoms with Crippen molar-refractivity contribution in [2.24, 2.45) is 0 Å². The van der Waals surface area contributed by atoms with E-state index >= 15 is 0 Å². The predicted molar refractivity (Wildman–Crippen MR) is 103 cm³/mol. The van der Waals surface area contributed by atoms with Crippen LogP contribution in [0.4, 0.5) is 4.79 Å². The standard InChI is InChI=1S/C22H21NO2/c1-14-13-15-9-5-6-10-16(15)20-19(14)17-11-7-8-12-18(17)23(20)21(24)25-22(2,3)4/h5-13H,1-4H3. The maximum Gasteiger partial charge on any atom is 0.419 e. The summed E-state index contributed by atoms with van der Waals surface area (Å²) in [6, 6.07) is 18.4. The second kappa shape index (κ2) is 5.35. The number of hydrogen-bond donors (Lipinski definition) is 0. The van der Waals surface area contributed by atoms with E-state index in [9.17, 15) is 4.79 Å². The Bertz CT molecular complexity index is 1130. The van der Waals surface area contributed by atoms with Gasteiger partial charge in [-0.3, -0.25) is 0 Å². The van der Waals surface area contributed by atoms with Crippen LogP contribution in [0.1, 0.15) is 26.3 Å². The molecule has 0 atom stereocenters. The molecular weight excluding hydrogens is 310 g/mol. The van der Waals surface area contributed by atoms with Crippen LogP contribution in [0.2, 0.25) is 0 Å². The molecule has 0 bridgehead atoms. The lowest BCUT2D eigenvalue weighted by atomic mass is 10.0. The van der Waals surface area contributed by atoms with E-state index in [4.69, 9.17) is 4.74 Å². The fourth-order valence-electron chi connectivity index (χ4n) is 3.54. The van der Waals surface area contributed by atoms with E-state index in [1.807, 2.05) is 51.1 Å². The minimum absolute atomic E-state index is 0.338. The van der Waals surface area contributed by atoms with Gasteiger partial charge in [0.2, 0.25) is 0 Å². The van der Waals surface area contributed by atoms with Crippen molar-refractivity contribution in [3.8, 4) is 0 Å². The molecule has 0 fully saturated rings. The second-order valence-electron chi connectivity index (χ2n) is 7.47. The summed E-state index contributed by atoms with van der Waals surface area (Å²) >= 11 is 0. The van der Waals surface area contributed by atoms with Crippen molar-refractivity contribution in [2.75, 3.05) is 0 Å². The van der Waals surface area contributed by atoms with Crippen LogP contribution in [0.25, 0.3) is 32.6 Å². The highest BCUT2D eigenvalue weighted by molar-refractivity contribution is 6.22. The van der Waals surface area contributed by atoms with E-state index < -0.39 is 5.60 Å². The Morgan fingerprint density at radius 3 is 2.32 bits per heavy atom. The number of ether oxygens (including phenoxy) is 1. The van der Waals surface area contributed by atoms with Crippen molar-refractivity contribution in [1.29, 1.82) is 0 Å². The molecule has 0 unspecified atom stereocenters. The molecule has 4 aromatic rings. The number of carbonyl (C=O) groups is 1. The lowest BCUT2D eigenvalue weighted by molar-refractivity contribution is 0.0551. The van der Waals surface area contributed by atoms with Gasteiger partial charge in [0.15, 0.2) is 0 Å². The Morgan fingerprint density at radius 2 is 1.60 bits per heavy atom. The number of carbonyl (C=O) groups excluding carboxylic acids is 1. The zero-order chi connectivity index (χ0) is 17.8. The molecule has 1 heterocycles. The van der Waals surface area contributed by atoms with Crippen molar-refractivity contribution in [3.63, 3.8) is 0 Å². The lowest BCUT2D eigenvalue weighted by Crippen LogP contribution is -2.27. The Labute approximate surface area is 146 Å². The molecule has 0 saturated carbocycles. The number of rotatable bonds is 0. The van der Waals surface area contributed by atoms with Crippen LogP contribution < -0.4 is 0 Å². The van der Waals surface area contributed by atoms with Gasteiger partial charge in [0.25, 0.3) is 0 Å². The molecule has 3 nitrogen and oxygen atoms in total. The zero-order valence-electron chi connectivity index (χ0n) is 15.0. The summed E-state index contributed by atoms with van der Waals surface area (Å²) < 4.78 is 7.44. The average Bonchev–Trinajstić information content (AvgIpc) is 2.89. The number of fused-ring (bicyclic) bond motifs is 5. The summed E-state index contributed by atoms with van der Waals surface area (Å²) in [6.07, 6.45) is -0.338. The fraction of sp³-hybridized carbons (Fsp3) is 0.227. The summed E-state index contributed by atoms with van der Waals surface area (Å²) in [7, 11) is 0. The van der Waals surface area contributed by atoms with E-state index in [1.165, 1.54) is 0 Å². The van der Waals surface area contributed by atoms with Crippen molar-refractivity contribution >= 4 is 38.7 Å². The number of hydrogen-bond acceptors (Lipinski definition) is 2. The Kier molecular flexibility index (Phi) is 3.36. The molecule has 126 valence electrons. The minimum atomic E-state index is -0.547. The Morgan fingerprint density at radius 1 is 0.960 bits per heavy atom. The summed E-state index contributed by atoms with van der Waals surface area (Å²) in [5.41, 5.74) is 2.42. The molecule has 25 heavy (non-hydrogen) atoms. The van der Waals surface area contributed by atoms with Gasteiger partial charge in [-0.15, -0.1) is 0 Å². The van der Waals surface area contributed by atoms with Crippen molar-refractivity contribution in [1.82, 2.24) is 4.57 Å². The van der Waals surface area contributed by atoms with E-state index in [0.29, 0.717) is 0 Å². The van der Waals surface area contributed by atoms with Gasteiger partial charge in [0.1, 0.15) is 5.60 Å². The quantitative estimate of drug-likeness (QED) is 0.393. The maximum absolute atomic E-state index is 13.0. The van der Waals surface area contributed by atoms with Gasteiger partial charge < -0.3 is 4.74 Å². The highest BCUT2D eigenvalue weighted by Crippen LogP contribution is 2.37. The van der Waals surface area contributed by atoms with E-state index in [-0.39, 0.29) is 6.09 Å². The molecular formula is C22H21NO2. The SMILES string of the molecule is Cc1cc2ccccc2c2c1c1ccccc1n2C(=O)OC(C)(C)C. The maximum atomic E-state index is 13.0. The molecule has 0 saturated heterocycles. The normalized spacial score (nSPS) is 12.2.